The summed E-state index contributed by atoms with van der Waals surface area (Å²) in [6, 6.07) is 24.3. The van der Waals surface area contributed by atoms with E-state index in [9.17, 15) is 0 Å². The fourth-order valence-corrected chi connectivity index (χ4v) is 5.03. The Kier molecular flexibility index (Phi) is 3.72. The van der Waals surface area contributed by atoms with Gasteiger partial charge >= 0.3 is 0 Å². The summed E-state index contributed by atoms with van der Waals surface area (Å²) in [6.07, 6.45) is 4.58. The normalized spacial score (nSPS) is 13.7. The number of allylic oxidation sites excluding steroid dienone is 1. The van der Waals surface area contributed by atoms with Crippen molar-refractivity contribution >= 4 is 49.1 Å². The zero-order valence-corrected chi connectivity index (χ0v) is 16.3. The van der Waals surface area contributed by atoms with Crippen LogP contribution in [0.2, 0.25) is 0 Å². The maximum Gasteiger partial charge on any atom is 0.0335 e. The molecule has 0 atom stereocenters. The number of rotatable bonds is 1. The van der Waals surface area contributed by atoms with Gasteiger partial charge in [-0.15, -0.1) is 0 Å². The van der Waals surface area contributed by atoms with E-state index in [0.717, 1.165) is 12.8 Å². The predicted molar refractivity (Wildman–Crippen MR) is 117 cm³/mol. The lowest BCUT2D eigenvalue weighted by Gasteiger charge is -2.21. The third-order valence-electron chi connectivity index (χ3n) is 5.49. The van der Waals surface area contributed by atoms with E-state index in [1.165, 1.54) is 53.8 Å². The van der Waals surface area contributed by atoms with Crippen molar-refractivity contribution in [2.75, 3.05) is 0 Å². The highest BCUT2D eigenvalue weighted by molar-refractivity contribution is 9.10. The molecule has 5 rings (SSSR count). The summed E-state index contributed by atoms with van der Waals surface area (Å²) in [5.41, 5.74) is 6.93. The molecule has 0 radical (unpaired) electrons. The number of benzene rings is 4. The summed E-state index contributed by atoms with van der Waals surface area (Å²) in [7, 11) is 0. The van der Waals surface area contributed by atoms with Crippen LogP contribution >= 0.6 is 15.9 Å². The van der Waals surface area contributed by atoms with E-state index in [4.69, 9.17) is 0 Å². The number of fused-ring (bicyclic) bond motifs is 4. The number of halogens is 1. The third-order valence-corrected chi connectivity index (χ3v) is 6.31. The zero-order chi connectivity index (χ0) is 17.7. The molecule has 1 aliphatic rings. The first-order chi connectivity index (χ1) is 12.7. The molecule has 0 fully saturated rings. The van der Waals surface area contributed by atoms with Crippen molar-refractivity contribution in [3.8, 4) is 0 Å². The molecule has 0 N–H and O–H groups in total. The standard InChI is InChI=1S/C25H19Br/c1-16-10-11-17-12-13-18(15-19(17)14-16)24-22-8-4-2-6-20(22)21-7-3-5-9-23(21)25(24)26/h2-11,14-15H,12-13H2,1H3. The van der Waals surface area contributed by atoms with Crippen LogP contribution in [0.4, 0.5) is 0 Å². The average Bonchev–Trinajstić information content (AvgIpc) is 2.68. The molecule has 26 heavy (non-hydrogen) atoms. The molecule has 126 valence electrons. The summed E-state index contributed by atoms with van der Waals surface area (Å²) < 4.78 is 1.22. The van der Waals surface area contributed by atoms with Crippen LogP contribution in [0.25, 0.3) is 33.2 Å². The molecule has 0 bridgehead atoms. The SMILES string of the molecule is Cc1ccc2c(c1)C=C(c1c(Br)c3ccccc3c3ccccc13)CC2. The van der Waals surface area contributed by atoms with Crippen molar-refractivity contribution in [2.45, 2.75) is 19.8 Å². The van der Waals surface area contributed by atoms with E-state index in [0.29, 0.717) is 0 Å². The lowest BCUT2D eigenvalue weighted by Crippen LogP contribution is -2.01. The lowest BCUT2D eigenvalue weighted by molar-refractivity contribution is 1.000. The molecule has 1 aliphatic carbocycles. The zero-order valence-electron chi connectivity index (χ0n) is 14.7. The molecule has 0 aromatic heterocycles. The number of hydrogen-bond donors (Lipinski definition) is 0. The maximum absolute atomic E-state index is 3.95. The number of hydrogen-bond acceptors (Lipinski definition) is 0. The van der Waals surface area contributed by atoms with Crippen LogP contribution in [0.5, 0.6) is 0 Å². The Morgan fingerprint density at radius 3 is 2.15 bits per heavy atom. The van der Waals surface area contributed by atoms with Crippen molar-refractivity contribution in [1.29, 1.82) is 0 Å². The molecular formula is C25H19Br. The molecule has 4 aromatic rings. The lowest BCUT2D eigenvalue weighted by atomic mass is 9.85. The second kappa shape index (κ2) is 6.10. The predicted octanol–water partition coefficient (Wildman–Crippen LogP) is 7.55. The molecular weight excluding hydrogens is 380 g/mol. The van der Waals surface area contributed by atoms with Crippen LogP contribution in [-0.4, -0.2) is 0 Å². The van der Waals surface area contributed by atoms with Gasteiger partial charge in [-0.1, -0.05) is 78.4 Å². The molecule has 0 amide bonds. The third kappa shape index (κ3) is 2.42. The Morgan fingerprint density at radius 2 is 1.38 bits per heavy atom. The van der Waals surface area contributed by atoms with E-state index >= 15 is 0 Å². The Balaban J connectivity index is 1.85. The molecule has 4 aromatic carbocycles. The molecule has 0 heterocycles. The molecule has 0 saturated heterocycles. The molecule has 0 aliphatic heterocycles. The number of aryl methyl sites for hydroxylation is 2. The minimum Gasteiger partial charge on any atom is -0.0616 e. The van der Waals surface area contributed by atoms with Crippen molar-refractivity contribution in [1.82, 2.24) is 0 Å². The van der Waals surface area contributed by atoms with Gasteiger partial charge in [-0.05, 0) is 73.9 Å². The topological polar surface area (TPSA) is 0 Å². The van der Waals surface area contributed by atoms with Crippen molar-refractivity contribution < 1.29 is 0 Å². The second-order valence-corrected chi connectivity index (χ2v) is 7.94. The van der Waals surface area contributed by atoms with Crippen LogP contribution < -0.4 is 0 Å². The molecule has 0 nitrogen and oxygen atoms in total. The fraction of sp³-hybridized carbons (Fsp3) is 0.120. The first-order valence-electron chi connectivity index (χ1n) is 9.12. The van der Waals surface area contributed by atoms with Gasteiger partial charge in [0.15, 0.2) is 0 Å². The van der Waals surface area contributed by atoms with Crippen molar-refractivity contribution in [3.63, 3.8) is 0 Å². The Morgan fingerprint density at radius 1 is 0.731 bits per heavy atom. The monoisotopic (exact) mass is 398 g/mol. The summed E-state index contributed by atoms with van der Waals surface area (Å²) in [5.74, 6) is 0. The van der Waals surface area contributed by atoms with Gasteiger partial charge < -0.3 is 0 Å². The smallest absolute Gasteiger partial charge is 0.0335 e. The van der Waals surface area contributed by atoms with Crippen LogP contribution in [-0.2, 0) is 6.42 Å². The average molecular weight is 399 g/mol. The van der Waals surface area contributed by atoms with Gasteiger partial charge in [0.05, 0.1) is 0 Å². The largest absolute Gasteiger partial charge is 0.0616 e. The highest BCUT2D eigenvalue weighted by atomic mass is 79.9. The fourth-order valence-electron chi connectivity index (χ4n) is 4.21. The quantitative estimate of drug-likeness (QED) is 0.290. The highest BCUT2D eigenvalue weighted by Gasteiger charge is 2.18. The van der Waals surface area contributed by atoms with Gasteiger partial charge in [0.25, 0.3) is 0 Å². The Labute approximate surface area is 162 Å². The minimum atomic E-state index is 1.08. The first kappa shape index (κ1) is 15.8. The highest BCUT2D eigenvalue weighted by Crippen LogP contribution is 2.43. The van der Waals surface area contributed by atoms with Crippen LogP contribution in [0.15, 0.2) is 71.2 Å². The van der Waals surface area contributed by atoms with E-state index in [2.05, 4.69) is 95.7 Å². The van der Waals surface area contributed by atoms with Gasteiger partial charge in [0, 0.05) is 10.0 Å². The molecule has 0 saturated carbocycles. The first-order valence-corrected chi connectivity index (χ1v) is 9.91. The van der Waals surface area contributed by atoms with Crippen LogP contribution in [0, 0.1) is 6.92 Å². The van der Waals surface area contributed by atoms with Gasteiger partial charge in [0.1, 0.15) is 0 Å². The minimum absolute atomic E-state index is 1.08. The van der Waals surface area contributed by atoms with Gasteiger partial charge in [-0.2, -0.15) is 0 Å². The van der Waals surface area contributed by atoms with Gasteiger partial charge in [-0.25, -0.2) is 0 Å². The van der Waals surface area contributed by atoms with E-state index < -0.39 is 0 Å². The Bertz CT molecular complexity index is 1200. The molecule has 0 unspecified atom stereocenters. The Hall–Kier alpha value is -2.38. The molecule has 1 heteroatoms. The second-order valence-electron chi connectivity index (χ2n) is 7.15. The summed E-state index contributed by atoms with van der Waals surface area (Å²) in [5, 5.41) is 5.26. The summed E-state index contributed by atoms with van der Waals surface area (Å²) in [6.45, 7) is 2.17. The summed E-state index contributed by atoms with van der Waals surface area (Å²) in [4.78, 5) is 0. The van der Waals surface area contributed by atoms with Crippen LogP contribution in [0.1, 0.15) is 28.7 Å². The van der Waals surface area contributed by atoms with E-state index in [1.807, 2.05) is 0 Å². The van der Waals surface area contributed by atoms with Crippen molar-refractivity contribution in [2.24, 2.45) is 0 Å². The van der Waals surface area contributed by atoms with E-state index in [1.54, 1.807) is 0 Å². The van der Waals surface area contributed by atoms with Gasteiger partial charge in [0.2, 0.25) is 0 Å². The van der Waals surface area contributed by atoms with Gasteiger partial charge in [-0.3, -0.25) is 0 Å². The maximum atomic E-state index is 3.95. The van der Waals surface area contributed by atoms with Crippen molar-refractivity contribution in [3.05, 3.63) is 93.5 Å². The van der Waals surface area contributed by atoms with E-state index in [-0.39, 0.29) is 0 Å². The summed E-state index contributed by atoms with van der Waals surface area (Å²) >= 11 is 3.95. The van der Waals surface area contributed by atoms with Crippen LogP contribution in [0.3, 0.4) is 0 Å². The molecule has 0 spiro atoms.